The Labute approximate surface area is 78.2 Å². The van der Waals surface area contributed by atoms with Crippen LogP contribution in [0.15, 0.2) is 31.0 Å². The zero-order valence-corrected chi connectivity index (χ0v) is 7.57. The zero-order chi connectivity index (χ0) is 9.52. The molecule has 2 N–H and O–H groups in total. The van der Waals surface area contributed by atoms with Gasteiger partial charge in [0, 0.05) is 18.3 Å². The lowest BCUT2D eigenvalue weighted by molar-refractivity contribution is 0.309. The molecule has 0 amide bonds. The molecule has 1 aromatic rings. The van der Waals surface area contributed by atoms with Crippen LogP contribution in [0.5, 0.6) is 5.88 Å². The molecule has 0 atom stereocenters. The minimum Gasteiger partial charge on any atom is -0.477 e. The minimum absolute atomic E-state index is 0.456. The third-order valence-electron chi connectivity index (χ3n) is 1.63. The van der Waals surface area contributed by atoms with Crippen LogP contribution in [0.25, 0.3) is 0 Å². The van der Waals surface area contributed by atoms with Crippen LogP contribution < -0.4 is 10.5 Å². The summed E-state index contributed by atoms with van der Waals surface area (Å²) in [6.07, 6.45) is 4.33. The molecule has 0 fully saturated rings. The van der Waals surface area contributed by atoms with E-state index in [4.69, 9.17) is 10.5 Å². The van der Waals surface area contributed by atoms with Crippen LogP contribution in [0, 0.1) is 0 Å². The summed E-state index contributed by atoms with van der Waals surface area (Å²) in [4.78, 5) is 4.08. The van der Waals surface area contributed by atoms with Gasteiger partial charge < -0.3 is 10.5 Å². The first-order chi connectivity index (χ1) is 6.38. The third-order valence-corrected chi connectivity index (χ3v) is 1.63. The highest BCUT2D eigenvalue weighted by Gasteiger charge is 2.00. The molecule has 0 unspecified atom stereocenters. The number of ether oxygens (including phenoxy) is 1. The molecule has 13 heavy (non-hydrogen) atoms. The number of aromatic nitrogens is 1. The number of pyridine rings is 1. The molecule has 1 heterocycles. The summed E-state index contributed by atoms with van der Waals surface area (Å²) < 4.78 is 5.41. The normalized spacial score (nSPS) is 9.62. The molecular weight excluding hydrogens is 164 g/mol. The summed E-state index contributed by atoms with van der Waals surface area (Å²) in [6.45, 7) is 4.67. The molecule has 0 radical (unpaired) electrons. The van der Waals surface area contributed by atoms with Gasteiger partial charge in [0.2, 0.25) is 5.88 Å². The van der Waals surface area contributed by atoms with Gasteiger partial charge in [0.15, 0.2) is 0 Å². The summed E-state index contributed by atoms with van der Waals surface area (Å²) >= 11 is 0. The van der Waals surface area contributed by atoms with E-state index in [0.29, 0.717) is 19.0 Å². The highest BCUT2D eigenvalue weighted by Crippen LogP contribution is 2.12. The molecule has 3 nitrogen and oxygen atoms in total. The molecule has 0 spiro atoms. The average molecular weight is 178 g/mol. The SMILES string of the molecule is C=CCCOc1ncccc1CN. The monoisotopic (exact) mass is 178 g/mol. The van der Waals surface area contributed by atoms with E-state index in [1.54, 1.807) is 6.20 Å². The molecule has 0 aliphatic carbocycles. The fourth-order valence-electron chi connectivity index (χ4n) is 0.948. The summed E-state index contributed by atoms with van der Waals surface area (Å²) in [5.74, 6) is 0.631. The Kier molecular flexibility index (Phi) is 3.99. The Bertz CT molecular complexity index is 273. The highest BCUT2D eigenvalue weighted by molar-refractivity contribution is 5.24. The van der Waals surface area contributed by atoms with Gasteiger partial charge in [-0.25, -0.2) is 4.98 Å². The molecule has 0 aliphatic heterocycles. The zero-order valence-electron chi connectivity index (χ0n) is 7.57. The van der Waals surface area contributed by atoms with Gasteiger partial charge in [-0.2, -0.15) is 0 Å². The van der Waals surface area contributed by atoms with Gasteiger partial charge in [-0.15, -0.1) is 6.58 Å². The maximum Gasteiger partial charge on any atom is 0.217 e. The van der Waals surface area contributed by atoms with E-state index in [9.17, 15) is 0 Å². The topological polar surface area (TPSA) is 48.1 Å². The predicted octanol–water partition coefficient (Wildman–Crippen LogP) is 1.50. The van der Waals surface area contributed by atoms with Gasteiger partial charge >= 0.3 is 0 Å². The summed E-state index contributed by atoms with van der Waals surface area (Å²) in [5, 5.41) is 0. The molecule has 3 heteroatoms. The van der Waals surface area contributed by atoms with Crippen LogP contribution >= 0.6 is 0 Å². The Balaban J connectivity index is 2.58. The summed E-state index contributed by atoms with van der Waals surface area (Å²) in [6, 6.07) is 3.76. The fraction of sp³-hybridized carbons (Fsp3) is 0.300. The minimum atomic E-state index is 0.456. The van der Waals surface area contributed by atoms with Gasteiger partial charge in [0.1, 0.15) is 0 Å². The van der Waals surface area contributed by atoms with Crippen LogP contribution in [0.2, 0.25) is 0 Å². The van der Waals surface area contributed by atoms with E-state index in [0.717, 1.165) is 12.0 Å². The van der Waals surface area contributed by atoms with Crippen molar-refractivity contribution in [2.75, 3.05) is 6.61 Å². The largest absolute Gasteiger partial charge is 0.477 e. The van der Waals surface area contributed by atoms with Crippen molar-refractivity contribution in [2.24, 2.45) is 5.73 Å². The second kappa shape index (κ2) is 5.32. The Morgan fingerprint density at radius 3 is 3.15 bits per heavy atom. The van der Waals surface area contributed by atoms with Crippen molar-refractivity contribution in [1.82, 2.24) is 4.98 Å². The molecule has 1 rings (SSSR count). The first kappa shape index (κ1) is 9.74. The third kappa shape index (κ3) is 2.87. The van der Waals surface area contributed by atoms with Crippen molar-refractivity contribution in [2.45, 2.75) is 13.0 Å². The lowest BCUT2D eigenvalue weighted by atomic mass is 10.3. The molecule has 70 valence electrons. The standard InChI is InChI=1S/C10H14N2O/c1-2-3-7-13-10-9(8-11)5-4-6-12-10/h2,4-6H,1,3,7-8,11H2. The van der Waals surface area contributed by atoms with Crippen molar-refractivity contribution in [3.8, 4) is 5.88 Å². The van der Waals surface area contributed by atoms with E-state index in [1.807, 2.05) is 18.2 Å². The number of hydrogen-bond acceptors (Lipinski definition) is 3. The van der Waals surface area contributed by atoms with E-state index >= 15 is 0 Å². The molecular formula is C10H14N2O. The average Bonchev–Trinajstić information content (AvgIpc) is 2.19. The quantitative estimate of drug-likeness (QED) is 0.549. The first-order valence-electron chi connectivity index (χ1n) is 4.26. The van der Waals surface area contributed by atoms with E-state index in [-0.39, 0.29) is 0 Å². The first-order valence-corrected chi connectivity index (χ1v) is 4.26. The van der Waals surface area contributed by atoms with Crippen LogP contribution in [0.1, 0.15) is 12.0 Å². The number of nitrogens with two attached hydrogens (primary N) is 1. The van der Waals surface area contributed by atoms with Gasteiger partial charge in [0.05, 0.1) is 6.61 Å². The number of nitrogens with zero attached hydrogens (tertiary/aromatic N) is 1. The van der Waals surface area contributed by atoms with Gasteiger partial charge in [-0.3, -0.25) is 0 Å². The maximum atomic E-state index is 5.51. The summed E-state index contributed by atoms with van der Waals surface area (Å²) in [5.41, 5.74) is 6.45. The molecule has 0 saturated carbocycles. The lowest BCUT2D eigenvalue weighted by Crippen LogP contribution is -2.04. The second-order valence-electron chi connectivity index (χ2n) is 2.60. The van der Waals surface area contributed by atoms with Crippen molar-refractivity contribution in [1.29, 1.82) is 0 Å². The van der Waals surface area contributed by atoms with E-state index in [2.05, 4.69) is 11.6 Å². The fourth-order valence-corrected chi connectivity index (χ4v) is 0.948. The Hall–Kier alpha value is -1.35. The summed E-state index contributed by atoms with van der Waals surface area (Å²) in [7, 11) is 0. The van der Waals surface area contributed by atoms with Crippen molar-refractivity contribution in [3.63, 3.8) is 0 Å². The smallest absolute Gasteiger partial charge is 0.217 e. The second-order valence-corrected chi connectivity index (χ2v) is 2.60. The predicted molar refractivity (Wildman–Crippen MR) is 52.4 cm³/mol. The van der Waals surface area contributed by atoms with Gasteiger partial charge in [-0.1, -0.05) is 12.1 Å². The van der Waals surface area contributed by atoms with Gasteiger partial charge in [0.25, 0.3) is 0 Å². The lowest BCUT2D eigenvalue weighted by Gasteiger charge is -2.06. The van der Waals surface area contributed by atoms with Crippen molar-refractivity contribution < 1.29 is 4.74 Å². The van der Waals surface area contributed by atoms with E-state index < -0.39 is 0 Å². The maximum absolute atomic E-state index is 5.51. The number of hydrogen-bond donors (Lipinski definition) is 1. The molecule has 0 bridgehead atoms. The van der Waals surface area contributed by atoms with Crippen LogP contribution in [0.3, 0.4) is 0 Å². The number of rotatable bonds is 5. The van der Waals surface area contributed by atoms with E-state index in [1.165, 1.54) is 0 Å². The van der Waals surface area contributed by atoms with Crippen LogP contribution in [-0.2, 0) is 6.54 Å². The van der Waals surface area contributed by atoms with Crippen molar-refractivity contribution in [3.05, 3.63) is 36.5 Å². The highest BCUT2D eigenvalue weighted by atomic mass is 16.5. The Morgan fingerprint density at radius 1 is 1.62 bits per heavy atom. The molecule has 0 aromatic carbocycles. The van der Waals surface area contributed by atoms with Crippen LogP contribution in [0.4, 0.5) is 0 Å². The van der Waals surface area contributed by atoms with Crippen LogP contribution in [-0.4, -0.2) is 11.6 Å². The molecule has 0 saturated heterocycles. The molecule has 0 aliphatic rings. The van der Waals surface area contributed by atoms with Crippen molar-refractivity contribution >= 4 is 0 Å². The van der Waals surface area contributed by atoms with Gasteiger partial charge in [-0.05, 0) is 12.5 Å². The Morgan fingerprint density at radius 2 is 2.46 bits per heavy atom. The molecule has 1 aromatic heterocycles.